The Kier molecular flexibility index (Phi) is 7.67. The van der Waals surface area contributed by atoms with E-state index in [1.54, 1.807) is 36.3 Å². The van der Waals surface area contributed by atoms with Gasteiger partial charge in [-0.25, -0.2) is 0 Å². The number of rotatable bonds is 9. The van der Waals surface area contributed by atoms with Gasteiger partial charge in [0.05, 0.1) is 18.8 Å². The molecule has 2 aliphatic rings. The second kappa shape index (κ2) is 11.4. The van der Waals surface area contributed by atoms with Crippen LogP contribution in [0.25, 0.3) is 6.08 Å². The molecule has 0 radical (unpaired) electrons. The average Bonchev–Trinajstić information content (AvgIpc) is 3.35. The molecule has 3 aromatic rings. The van der Waals surface area contributed by atoms with Crippen LogP contribution in [0.3, 0.4) is 0 Å². The standard InChI is InChI=1S/C27H23N5O3S2/c1-2-34-23-16-18(10-11-22(23)35-13-14-36-20-8-4-3-5-9-20)15-21-24(28)32-27(30-25(21)33)37-26(31-32)19-7-6-12-29-17-19/h3-12,15-17,28H,2,13-14H2,1H3. The number of ether oxygens (including phenoxy) is 2. The Morgan fingerprint density at radius 3 is 2.73 bits per heavy atom. The Morgan fingerprint density at radius 1 is 1.08 bits per heavy atom. The predicted octanol–water partition coefficient (Wildman–Crippen LogP) is 5.32. The number of aromatic nitrogens is 1. The molecular weight excluding hydrogens is 506 g/mol. The summed E-state index contributed by atoms with van der Waals surface area (Å²) < 4.78 is 11.8. The lowest BCUT2D eigenvalue weighted by Gasteiger charge is -2.20. The van der Waals surface area contributed by atoms with Crippen molar-refractivity contribution in [2.75, 3.05) is 19.0 Å². The first-order chi connectivity index (χ1) is 18.1. The van der Waals surface area contributed by atoms with Crippen LogP contribution in [-0.2, 0) is 4.79 Å². The summed E-state index contributed by atoms with van der Waals surface area (Å²) in [5, 5.41) is 15.5. The fourth-order valence-corrected chi connectivity index (χ4v) is 5.23. The molecule has 37 heavy (non-hydrogen) atoms. The number of aliphatic imine (C=N–C) groups is 1. The smallest absolute Gasteiger partial charge is 0.283 e. The van der Waals surface area contributed by atoms with Crippen LogP contribution >= 0.6 is 23.5 Å². The van der Waals surface area contributed by atoms with Crippen LogP contribution in [-0.4, -0.2) is 50.9 Å². The predicted molar refractivity (Wildman–Crippen MR) is 149 cm³/mol. The van der Waals surface area contributed by atoms with Crippen molar-refractivity contribution < 1.29 is 14.3 Å². The van der Waals surface area contributed by atoms with E-state index < -0.39 is 5.91 Å². The Labute approximate surface area is 223 Å². The summed E-state index contributed by atoms with van der Waals surface area (Å²) in [5.74, 6) is 1.49. The van der Waals surface area contributed by atoms with Crippen molar-refractivity contribution in [1.82, 2.24) is 9.99 Å². The van der Waals surface area contributed by atoms with Crippen molar-refractivity contribution in [3.8, 4) is 11.5 Å². The molecule has 0 bridgehead atoms. The molecule has 5 rings (SSSR count). The highest BCUT2D eigenvalue weighted by Gasteiger charge is 2.36. The van der Waals surface area contributed by atoms with Gasteiger partial charge in [0.1, 0.15) is 5.04 Å². The molecule has 2 aromatic carbocycles. The Hall–Kier alpha value is -3.89. The Balaban J connectivity index is 1.31. The largest absolute Gasteiger partial charge is 0.490 e. The van der Waals surface area contributed by atoms with Crippen molar-refractivity contribution in [1.29, 1.82) is 5.41 Å². The molecule has 3 heterocycles. The number of carbonyl (C=O) groups is 1. The number of hydrogen-bond acceptors (Lipinski definition) is 8. The van der Waals surface area contributed by atoms with Gasteiger partial charge in [-0.05, 0) is 66.7 Å². The number of fused-ring (bicyclic) bond motifs is 1. The molecule has 0 unspecified atom stereocenters. The zero-order chi connectivity index (χ0) is 25.6. The van der Waals surface area contributed by atoms with Crippen LogP contribution in [0.5, 0.6) is 11.5 Å². The van der Waals surface area contributed by atoms with E-state index in [0.29, 0.717) is 40.5 Å². The van der Waals surface area contributed by atoms with E-state index in [1.807, 2.05) is 49.4 Å². The van der Waals surface area contributed by atoms with E-state index in [2.05, 4.69) is 27.2 Å². The van der Waals surface area contributed by atoms with E-state index in [9.17, 15) is 4.79 Å². The number of pyridine rings is 1. The zero-order valence-electron chi connectivity index (χ0n) is 20.0. The van der Waals surface area contributed by atoms with Crippen molar-refractivity contribution in [3.05, 3.63) is 89.8 Å². The molecule has 0 atom stereocenters. The lowest BCUT2D eigenvalue weighted by atomic mass is 10.1. The van der Waals surface area contributed by atoms with Gasteiger partial charge in [-0.3, -0.25) is 15.2 Å². The van der Waals surface area contributed by atoms with Crippen molar-refractivity contribution in [2.24, 2.45) is 10.1 Å². The summed E-state index contributed by atoms with van der Waals surface area (Å²) in [5.41, 5.74) is 1.65. The maximum absolute atomic E-state index is 12.8. The zero-order valence-corrected chi connectivity index (χ0v) is 21.6. The van der Waals surface area contributed by atoms with Crippen molar-refractivity contribution in [3.63, 3.8) is 0 Å². The van der Waals surface area contributed by atoms with Crippen LogP contribution < -0.4 is 9.47 Å². The molecule has 1 aromatic heterocycles. The monoisotopic (exact) mass is 529 g/mol. The third-order valence-electron chi connectivity index (χ3n) is 5.29. The number of hydrazone groups is 1. The molecular formula is C27H23N5O3S2. The molecule has 0 spiro atoms. The maximum atomic E-state index is 12.8. The first kappa shape index (κ1) is 24.8. The van der Waals surface area contributed by atoms with Gasteiger partial charge >= 0.3 is 0 Å². The summed E-state index contributed by atoms with van der Waals surface area (Å²) >= 11 is 2.96. The van der Waals surface area contributed by atoms with Gasteiger partial charge < -0.3 is 9.47 Å². The second-order valence-electron chi connectivity index (χ2n) is 7.82. The van der Waals surface area contributed by atoms with E-state index >= 15 is 0 Å². The number of nitrogens with zero attached hydrogens (tertiary/aromatic N) is 4. The molecule has 0 fully saturated rings. The quantitative estimate of drug-likeness (QED) is 0.227. The fourth-order valence-electron chi connectivity index (χ4n) is 3.59. The van der Waals surface area contributed by atoms with Crippen LogP contribution in [0, 0.1) is 5.41 Å². The molecule has 186 valence electrons. The minimum atomic E-state index is -0.484. The number of benzene rings is 2. The van der Waals surface area contributed by atoms with Gasteiger partial charge in [0.25, 0.3) is 5.91 Å². The molecule has 10 heteroatoms. The summed E-state index contributed by atoms with van der Waals surface area (Å²) in [7, 11) is 0. The summed E-state index contributed by atoms with van der Waals surface area (Å²) in [6, 6.07) is 19.3. The topological polar surface area (TPSA) is 100 Å². The van der Waals surface area contributed by atoms with E-state index in [4.69, 9.17) is 14.9 Å². The number of hydrogen-bond donors (Lipinski definition) is 1. The number of thioether (sulfide) groups is 2. The number of nitrogens with one attached hydrogen (secondary N) is 1. The average molecular weight is 530 g/mol. The number of amides is 1. The molecule has 2 aliphatic heterocycles. The first-order valence-electron chi connectivity index (χ1n) is 11.6. The highest BCUT2D eigenvalue weighted by molar-refractivity contribution is 8.27. The third-order valence-corrected chi connectivity index (χ3v) is 7.23. The summed E-state index contributed by atoms with van der Waals surface area (Å²) in [4.78, 5) is 22.3. The highest BCUT2D eigenvalue weighted by Crippen LogP contribution is 2.33. The van der Waals surface area contributed by atoms with Gasteiger partial charge in [0, 0.05) is 28.6 Å². The molecule has 0 saturated heterocycles. The lowest BCUT2D eigenvalue weighted by molar-refractivity contribution is -0.114. The van der Waals surface area contributed by atoms with E-state index in [1.165, 1.54) is 21.7 Å². The first-order valence-corrected chi connectivity index (χ1v) is 13.4. The molecule has 1 N–H and O–H groups in total. The minimum Gasteiger partial charge on any atom is -0.490 e. The molecule has 0 saturated carbocycles. The van der Waals surface area contributed by atoms with Gasteiger partial charge in [0.15, 0.2) is 17.3 Å². The second-order valence-corrected chi connectivity index (χ2v) is 9.94. The molecule has 0 aliphatic carbocycles. The minimum absolute atomic E-state index is 0.0300. The van der Waals surface area contributed by atoms with Gasteiger partial charge in [-0.15, -0.1) is 11.8 Å². The Bertz CT molecular complexity index is 1410. The van der Waals surface area contributed by atoms with Crippen molar-refractivity contribution in [2.45, 2.75) is 11.8 Å². The van der Waals surface area contributed by atoms with Crippen molar-refractivity contribution >= 4 is 51.6 Å². The number of carbonyl (C=O) groups excluding carboxylic acids is 1. The highest BCUT2D eigenvalue weighted by atomic mass is 32.2. The SMILES string of the molecule is CCOc1cc(C=C2C(=N)N3N=C(c4cccnc4)SC3=NC2=O)ccc1OCCSc1ccccc1. The normalized spacial score (nSPS) is 15.9. The van der Waals surface area contributed by atoms with Gasteiger partial charge in [-0.2, -0.15) is 15.1 Å². The lowest BCUT2D eigenvalue weighted by Crippen LogP contribution is -2.35. The van der Waals surface area contributed by atoms with Crippen LogP contribution in [0.1, 0.15) is 18.1 Å². The van der Waals surface area contributed by atoms with Gasteiger partial charge in [0.2, 0.25) is 5.17 Å². The van der Waals surface area contributed by atoms with E-state index in [0.717, 1.165) is 11.3 Å². The number of amidine groups is 2. The van der Waals surface area contributed by atoms with Crippen LogP contribution in [0.4, 0.5) is 0 Å². The third kappa shape index (κ3) is 5.76. The fraction of sp³-hybridized carbons (Fsp3) is 0.148. The summed E-state index contributed by atoms with van der Waals surface area (Å²) in [6.07, 6.45) is 4.99. The van der Waals surface area contributed by atoms with Crippen LogP contribution in [0.2, 0.25) is 0 Å². The maximum Gasteiger partial charge on any atom is 0.283 e. The molecule has 8 nitrogen and oxygen atoms in total. The van der Waals surface area contributed by atoms with Crippen LogP contribution in [0.15, 0.2) is 93.6 Å². The Morgan fingerprint density at radius 2 is 1.95 bits per heavy atom. The molecule has 1 amide bonds. The van der Waals surface area contributed by atoms with E-state index in [-0.39, 0.29) is 11.4 Å². The van der Waals surface area contributed by atoms with Gasteiger partial charge in [-0.1, -0.05) is 24.3 Å². The summed E-state index contributed by atoms with van der Waals surface area (Å²) in [6.45, 7) is 2.89.